The number of carboxylic acids is 1. The lowest BCUT2D eigenvalue weighted by atomic mass is 9.43. The molecule has 0 amide bonds. The fourth-order valence-electron chi connectivity index (χ4n) is 8.73. The van der Waals surface area contributed by atoms with Gasteiger partial charge in [-0.3, -0.25) is 4.79 Å². The molecule has 4 saturated carbocycles. The van der Waals surface area contributed by atoms with Crippen molar-refractivity contribution in [3.8, 4) is 0 Å². The van der Waals surface area contributed by atoms with Crippen LogP contribution in [0.2, 0.25) is 0 Å². The van der Waals surface area contributed by atoms with Gasteiger partial charge in [0, 0.05) is 6.42 Å². The van der Waals surface area contributed by atoms with E-state index in [1.165, 1.54) is 0 Å². The first-order chi connectivity index (χ1) is 13.6. The normalized spacial score (nSPS) is 52.9. The molecule has 4 aliphatic carbocycles. The van der Waals surface area contributed by atoms with Crippen LogP contribution >= 0.6 is 0 Å². The summed E-state index contributed by atoms with van der Waals surface area (Å²) in [6, 6.07) is 0. The molecule has 0 radical (unpaired) electrons. The maximum Gasteiger partial charge on any atom is 0.303 e. The molecule has 0 heterocycles. The van der Waals surface area contributed by atoms with E-state index in [0.29, 0.717) is 42.9 Å². The summed E-state index contributed by atoms with van der Waals surface area (Å²) >= 11 is 0. The molecular formula is C24H39FO4. The first-order valence-corrected chi connectivity index (χ1v) is 11.8. The second-order valence-electron chi connectivity index (χ2n) is 11.5. The summed E-state index contributed by atoms with van der Waals surface area (Å²) in [4.78, 5) is 11.0. The van der Waals surface area contributed by atoms with Crippen molar-refractivity contribution in [2.45, 2.75) is 96.9 Å². The molecule has 4 rings (SSSR count). The number of carboxylic acid groups (broad SMARTS) is 1. The van der Waals surface area contributed by atoms with Gasteiger partial charge in [-0.05, 0) is 97.7 Å². The second-order valence-corrected chi connectivity index (χ2v) is 11.5. The number of rotatable bonds is 4. The molecule has 3 N–H and O–H groups in total. The van der Waals surface area contributed by atoms with Crippen LogP contribution < -0.4 is 0 Å². The van der Waals surface area contributed by atoms with Gasteiger partial charge in [0.2, 0.25) is 0 Å². The summed E-state index contributed by atoms with van der Waals surface area (Å²) in [5.41, 5.74) is 0.0173. The number of hydrogen-bond donors (Lipinski definition) is 3. The highest BCUT2D eigenvalue weighted by atomic mass is 19.1. The minimum Gasteiger partial charge on any atom is -0.481 e. The third-order valence-corrected chi connectivity index (χ3v) is 10.2. The Morgan fingerprint density at radius 3 is 2.41 bits per heavy atom. The van der Waals surface area contributed by atoms with Crippen molar-refractivity contribution in [3.63, 3.8) is 0 Å². The zero-order valence-electron chi connectivity index (χ0n) is 18.2. The Balaban J connectivity index is 1.57. The van der Waals surface area contributed by atoms with Crippen LogP contribution in [0.4, 0.5) is 4.39 Å². The molecule has 5 heteroatoms. The fourth-order valence-corrected chi connectivity index (χ4v) is 8.73. The summed E-state index contributed by atoms with van der Waals surface area (Å²) in [5, 5.41) is 30.4. The van der Waals surface area contributed by atoms with Crippen molar-refractivity contribution < 1.29 is 24.5 Å². The molecule has 4 fully saturated rings. The maximum absolute atomic E-state index is 14.5. The number of carbonyl (C=O) groups is 1. The molecule has 0 spiro atoms. The van der Waals surface area contributed by atoms with Gasteiger partial charge in [0.25, 0.3) is 0 Å². The standard InChI is InChI=1S/C24H39FO4/c1-13(4-7-21(28)29)15-5-6-16-22-17(8-9-23(15,16)2)24(3)12-18(25)19(26)10-14(24)11-20(22)27/h13-20,22,26-27H,4-12H2,1-3H3,(H,28,29)/t13-,14+,15-,16?,17?,18-,19-,20+,22?,23-,24+/m1/s1. The molecule has 11 atom stereocenters. The molecule has 0 aromatic rings. The van der Waals surface area contributed by atoms with Gasteiger partial charge in [0.15, 0.2) is 0 Å². The van der Waals surface area contributed by atoms with Gasteiger partial charge in [-0.2, -0.15) is 0 Å². The van der Waals surface area contributed by atoms with Gasteiger partial charge in [-0.15, -0.1) is 0 Å². The molecular weight excluding hydrogens is 371 g/mol. The molecule has 0 bridgehead atoms. The Hall–Kier alpha value is -0.680. The largest absolute Gasteiger partial charge is 0.481 e. The number of aliphatic hydroxyl groups excluding tert-OH is 2. The maximum atomic E-state index is 14.5. The van der Waals surface area contributed by atoms with Gasteiger partial charge < -0.3 is 15.3 Å². The average molecular weight is 411 g/mol. The number of alkyl halides is 1. The summed E-state index contributed by atoms with van der Waals surface area (Å²) in [7, 11) is 0. The van der Waals surface area contributed by atoms with E-state index in [4.69, 9.17) is 5.11 Å². The Morgan fingerprint density at radius 2 is 1.72 bits per heavy atom. The van der Waals surface area contributed by atoms with E-state index < -0.39 is 18.2 Å². The van der Waals surface area contributed by atoms with Crippen molar-refractivity contribution >= 4 is 5.97 Å². The predicted molar refractivity (Wildman–Crippen MR) is 109 cm³/mol. The molecule has 0 saturated heterocycles. The van der Waals surface area contributed by atoms with E-state index in [1.807, 2.05) is 0 Å². The van der Waals surface area contributed by atoms with Crippen LogP contribution in [-0.2, 0) is 4.79 Å². The van der Waals surface area contributed by atoms with Gasteiger partial charge >= 0.3 is 5.97 Å². The van der Waals surface area contributed by atoms with E-state index in [-0.39, 0.29) is 35.2 Å². The van der Waals surface area contributed by atoms with Crippen LogP contribution in [0, 0.1) is 46.3 Å². The van der Waals surface area contributed by atoms with Gasteiger partial charge in [-0.1, -0.05) is 20.8 Å². The Labute approximate surface area is 174 Å². The van der Waals surface area contributed by atoms with E-state index in [1.54, 1.807) is 0 Å². The van der Waals surface area contributed by atoms with Crippen LogP contribution in [0.5, 0.6) is 0 Å². The Morgan fingerprint density at radius 1 is 1.07 bits per heavy atom. The van der Waals surface area contributed by atoms with Crippen molar-refractivity contribution in [1.29, 1.82) is 0 Å². The predicted octanol–water partition coefficient (Wildman–Crippen LogP) is 4.43. The highest BCUT2D eigenvalue weighted by molar-refractivity contribution is 5.66. The summed E-state index contributed by atoms with van der Waals surface area (Å²) in [5.74, 6) is 1.35. The number of aliphatic carboxylic acids is 1. The van der Waals surface area contributed by atoms with Crippen molar-refractivity contribution in [1.82, 2.24) is 0 Å². The first-order valence-electron chi connectivity index (χ1n) is 11.8. The molecule has 3 unspecified atom stereocenters. The first kappa shape index (κ1) is 21.5. The monoisotopic (exact) mass is 410 g/mol. The minimum atomic E-state index is -1.15. The van der Waals surface area contributed by atoms with Crippen LogP contribution in [0.15, 0.2) is 0 Å². The molecule has 29 heavy (non-hydrogen) atoms. The van der Waals surface area contributed by atoms with Gasteiger partial charge in [0.05, 0.1) is 12.2 Å². The molecule has 166 valence electrons. The van der Waals surface area contributed by atoms with Crippen LogP contribution in [0.1, 0.15) is 78.6 Å². The lowest BCUT2D eigenvalue weighted by Gasteiger charge is -2.62. The number of aliphatic hydroxyl groups is 2. The quantitative estimate of drug-likeness (QED) is 0.641. The highest BCUT2D eigenvalue weighted by Gasteiger charge is 2.63. The van der Waals surface area contributed by atoms with Crippen molar-refractivity contribution in [2.75, 3.05) is 0 Å². The Kier molecular flexibility index (Phi) is 5.55. The van der Waals surface area contributed by atoms with E-state index in [0.717, 1.165) is 32.1 Å². The van der Waals surface area contributed by atoms with Crippen molar-refractivity contribution in [3.05, 3.63) is 0 Å². The number of fused-ring (bicyclic) bond motifs is 5. The second kappa shape index (κ2) is 7.47. The van der Waals surface area contributed by atoms with E-state index in [9.17, 15) is 19.4 Å². The fraction of sp³-hybridized carbons (Fsp3) is 0.958. The summed E-state index contributed by atoms with van der Waals surface area (Å²) < 4.78 is 14.5. The SMILES string of the molecule is C[C@H](CCC(=O)O)[C@H]1CCC2C3C(CC[C@@]21C)[C@@]1(C)C[C@@H](F)[C@H](O)C[C@H]1C[C@@H]3O. The van der Waals surface area contributed by atoms with E-state index in [2.05, 4.69) is 20.8 Å². The van der Waals surface area contributed by atoms with Gasteiger partial charge in [-0.25, -0.2) is 4.39 Å². The Bertz CT molecular complexity index is 640. The molecule has 0 aromatic carbocycles. The third kappa shape index (κ3) is 3.35. The average Bonchev–Trinajstić information content (AvgIpc) is 2.99. The lowest BCUT2D eigenvalue weighted by Crippen LogP contribution is -2.60. The van der Waals surface area contributed by atoms with Crippen molar-refractivity contribution in [2.24, 2.45) is 46.3 Å². The summed E-state index contributed by atoms with van der Waals surface area (Å²) in [6.45, 7) is 6.81. The molecule has 4 nitrogen and oxygen atoms in total. The van der Waals surface area contributed by atoms with Crippen LogP contribution in [0.25, 0.3) is 0 Å². The van der Waals surface area contributed by atoms with Gasteiger partial charge in [0.1, 0.15) is 6.17 Å². The highest BCUT2D eigenvalue weighted by Crippen LogP contribution is 2.68. The molecule has 4 aliphatic rings. The molecule has 0 aromatic heterocycles. The van der Waals surface area contributed by atoms with Crippen LogP contribution in [-0.4, -0.2) is 39.7 Å². The zero-order chi connectivity index (χ0) is 21.1. The van der Waals surface area contributed by atoms with E-state index >= 15 is 0 Å². The zero-order valence-corrected chi connectivity index (χ0v) is 18.2. The number of hydrogen-bond acceptors (Lipinski definition) is 3. The number of halogens is 1. The molecule has 0 aliphatic heterocycles. The van der Waals surface area contributed by atoms with Crippen LogP contribution in [0.3, 0.4) is 0 Å². The summed E-state index contributed by atoms with van der Waals surface area (Å²) in [6.07, 6.45) is 4.48. The minimum absolute atomic E-state index is 0.128. The topological polar surface area (TPSA) is 77.8 Å². The smallest absolute Gasteiger partial charge is 0.303 e. The lowest BCUT2D eigenvalue weighted by molar-refractivity contribution is -0.186. The third-order valence-electron chi connectivity index (χ3n) is 10.2.